The Balaban J connectivity index is 1.78. The molecule has 4 heteroatoms. The Morgan fingerprint density at radius 1 is 0.947 bits per heavy atom. The fraction of sp³-hybridized carbons (Fsp3) is 0.733. The molecule has 4 nitrogen and oxygen atoms in total. The number of hydrogen-bond acceptors (Lipinski definition) is 2. The predicted molar refractivity (Wildman–Crippen MR) is 70.4 cm³/mol. The van der Waals surface area contributed by atoms with Gasteiger partial charge < -0.3 is 10.0 Å². The summed E-state index contributed by atoms with van der Waals surface area (Å²) < 4.78 is 0. The maximum Gasteiger partial charge on any atom is 0.307 e. The van der Waals surface area contributed by atoms with E-state index in [1.54, 1.807) is 0 Å². The van der Waals surface area contributed by atoms with E-state index in [1.807, 2.05) is 11.0 Å². The van der Waals surface area contributed by atoms with Crippen molar-refractivity contribution in [3.63, 3.8) is 0 Å². The Kier molecular flexibility index (Phi) is 3.33. The van der Waals surface area contributed by atoms with Gasteiger partial charge in [-0.15, -0.1) is 0 Å². The minimum absolute atomic E-state index is 0.0726. The first-order chi connectivity index (χ1) is 9.18. The van der Waals surface area contributed by atoms with Gasteiger partial charge in [0.1, 0.15) is 0 Å². The van der Waals surface area contributed by atoms with E-state index in [-0.39, 0.29) is 23.7 Å². The standard InChI is InChI=1S/C15H21NO3/c17-14(16-7-3-1-2-4-8-16)12-10-5-6-11(9-10)13(12)15(18)19/h5-6,10-13H,1-4,7-9H2,(H,18,19)/t10-,11-,12+,13+/m0/s1. The van der Waals surface area contributed by atoms with Gasteiger partial charge in [-0.2, -0.15) is 0 Å². The van der Waals surface area contributed by atoms with Crippen LogP contribution >= 0.6 is 0 Å². The third-order valence-electron chi connectivity index (χ3n) is 4.95. The summed E-state index contributed by atoms with van der Waals surface area (Å²) in [6, 6.07) is 0. The van der Waals surface area contributed by atoms with Crippen molar-refractivity contribution in [3.05, 3.63) is 12.2 Å². The van der Waals surface area contributed by atoms with Gasteiger partial charge in [0.15, 0.2) is 0 Å². The van der Waals surface area contributed by atoms with Gasteiger partial charge in [0.2, 0.25) is 5.91 Å². The Bertz CT molecular complexity index is 410. The molecule has 0 unspecified atom stereocenters. The average Bonchev–Trinajstić information content (AvgIpc) is 2.89. The maximum atomic E-state index is 12.7. The zero-order valence-corrected chi connectivity index (χ0v) is 11.1. The molecule has 1 amide bonds. The van der Waals surface area contributed by atoms with Crippen LogP contribution in [0.15, 0.2) is 12.2 Å². The van der Waals surface area contributed by atoms with Gasteiger partial charge in [0, 0.05) is 13.1 Å². The summed E-state index contributed by atoms with van der Waals surface area (Å²) in [7, 11) is 0. The number of amides is 1. The van der Waals surface area contributed by atoms with Gasteiger partial charge in [-0.25, -0.2) is 0 Å². The van der Waals surface area contributed by atoms with E-state index in [4.69, 9.17) is 0 Å². The van der Waals surface area contributed by atoms with E-state index in [0.29, 0.717) is 0 Å². The second kappa shape index (κ2) is 4.99. The number of carboxylic acids is 1. The molecular formula is C15H21NO3. The highest BCUT2D eigenvalue weighted by Crippen LogP contribution is 2.48. The molecule has 3 rings (SSSR count). The molecule has 0 aromatic rings. The van der Waals surface area contributed by atoms with Gasteiger partial charge in [0.25, 0.3) is 0 Å². The number of fused-ring (bicyclic) bond motifs is 2. The minimum Gasteiger partial charge on any atom is -0.481 e. The molecule has 2 aliphatic carbocycles. The average molecular weight is 263 g/mol. The molecule has 3 aliphatic rings. The number of hydrogen-bond donors (Lipinski definition) is 1. The molecule has 1 saturated carbocycles. The molecule has 0 radical (unpaired) electrons. The molecule has 1 N–H and O–H groups in total. The molecule has 2 fully saturated rings. The van der Waals surface area contributed by atoms with Gasteiger partial charge in [0.05, 0.1) is 11.8 Å². The van der Waals surface area contributed by atoms with E-state index < -0.39 is 11.9 Å². The van der Waals surface area contributed by atoms with Crippen LogP contribution in [0.2, 0.25) is 0 Å². The van der Waals surface area contributed by atoms with Crippen LogP contribution in [0.3, 0.4) is 0 Å². The molecular weight excluding hydrogens is 242 g/mol. The first kappa shape index (κ1) is 12.7. The van der Waals surface area contributed by atoms with E-state index in [1.165, 1.54) is 12.8 Å². The molecule has 19 heavy (non-hydrogen) atoms. The molecule has 1 heterocycles. The topological polar surface area (TPSA) is 57.6 Å². The Morgan fingerprint density at radius 2 is 1.53 bits per heavy atom. The van der Waals surface area contributed by atoms with Crippen molar-refractivity contribution in [2.45, 2.75) is 32.1 Å². The number of carbonyl (C=O) groups is 2. The fourth-order valence-electron chi connectivity index (χ4n) is 4.00. The maximum absolute atomic E-state index is 12.7. The lowest BCUT2D eigenvalue weighted by Crippen LogP contribution is -2.43. The summed E-state index contributed by atoms with van der Waals surface area (Å²) in [5, 5.41) is 9.40. The number of carbonyl (C=O) groups excluding carboxylic acids is 1. The SMILES string of the molecule is O=C(O)[C@H]1[C@H](C(=O)N2CCCCCC2)[C@H]2C=C[C@H]1C2. The highest BCUT2D eigenvalue weighted by Gasteiger charge is 2.52. The van der Waals surface area contributed by atoms with Crippen molar-refractivity contribution in [1.29, 1.82) is 0 Å². The lowest BCUT2D eigenvalue weighted by molar-refractivity contribution is -0.151. The summed E-state index contributed by atoms with van der Waals surface area (Å²) in [4.78, 5) is 26.1. The van der Waals surface area contributed by atoms with Crippen molar-refractivity contribution < 1.29 is 14.7 Å². The molecule has 4 atom stereocenters. The van der Waals surface area contributed by atoms with Gasteiger partial charge in [-0.1, -0.05) is 25.0 Å². The van der Waals surface area contributed by atoms with Crippen molar-refractivity contribution in [2.24, 2.45) is 23.7 Å². The Labute approximate surface area is 113 Å². The van der Waals surface area contributed by atoms with Crippen LogP contribution in [0.25, 0.3) is 0 Å². The molecule has 2 bridgehead atoms. The van der Waals surface area contributed by atoms with Crippen LogP contribution in [-0.2, 0) is 9.59 Å². The lowest BCUT2D eigenvalue weighted by Gasteiger charge is -2.30. The highest BCUT2D eigenvalue weighted by molar-refractivity contribution is 5.87. The quantitative estimate of drug-likeness (QED) is 0.774. The molecule has 1 aliphatic heterocycles. The first-order valence-electron chi connectivity index (χ1n) is 7.38. The van der Waals surface area contributed by atoms with E-state index in [0.717, 1.165) is 32.4 Å². The van der Waals surface area contributed by atoms with Crippen molar-refractivity contribution in [1.82, 2.24) is 4.90 Å². The van der Waals surface area contributed by atoms with Gasteiger partial charge in [-0.3, -0.25) is 9.59 Å². The van der Waals surface area contributed by atoms with Crippen LogP contribution in [0.4, 0.5) is 0 Å². The molecule has 1 saturated heterocycles. The van der Waals surface area contributed by atoms with Crippen molar-refractivity contribution in [3.8, 4) is 0 Å². The number of allylic oxidation sites excluding steroid dienone is 2. The predicted octanol–water partition coefficient (Wildman–Crippen LogP) is 1.91. The summed E-state index contributed by atoms with van der Waals surface area (Å²) in [5.74, 6) is -1.29. The number of carboxylic acid groups (broad SMARTS) is 1. The number of aliphatic carboxylic acids is 1. The van der Waals surface area contributed by atoms with Crippen LogP contribution < -0.4 is 0 Å². The molecule has 0 aromatic heterocycles. The number of likely N-dealkylation sites (tertiary alicyclic amines) is 1. The smallest absolute Gasteiger partial charge is 0.307 e. The van der Waals surface area contributed by atoms with E-state index in [2.05, 4.69) is 6.08 Å². The van der Waals surface area contributed by atoms with E-state index in [9.17, 15) is 14.7 Å². The van der Waals surface area contributed by atoms with Crippen LogP contribution in [0, 0.1) is 23.7 Å². The molecule has 104 valence electrons. The first-order valence-corrected chi connectivity index (χ1v) is 7.38. The normalized spacial score (nSPS) is 37.4. The van der Waals surface area contributed by atoms with Crippen LogP contribution in [-0.4, -0.2) is 35.0 Å². The number of nitrogens with zero attached hydrogens (tertiary/aromatic N) is 1. The van der Waals surface area contributed by atoms with E-state index >= 15 is 0 Å². The Hall–Kier alpha value is -1.32. The lowest BCUT2D eigenvalue weighted by atomic mass is 9.82. The van der Waals surface area contributed by atoms with Gasteiger partial charge >= 0.3 is 5.97 Å². The number of rotatable bonds is 2. The summed E-state index contributed by atoms with van der Waals surface area (Å²) in [6.07, 6.45) is 9.38. The summed E-state index contributed by atoms with van der Waals surface area (Å²) in [6.45, 7) is 1.62. The van der Waals surface area contributed by atoms with Crippen LogP contribution in [0.1, 0.15) is 32.1 Å². The zero-order chi connectivity index (χ0) is 13.4. The highest BCUT2D eigenvalue weighted by atomic mass is 16.4. The fourth-order valence-corrected chi connectivity index (χ4v) is 4.00. The largest absolute Gasteiger partial charge is 0.481 e. The van der Waals surface area contributed by atoms with Crippen molar-refractivity contribution >= 4 is 11.9 Å². The van der Waals surface area contributed by atoms with Gasteiger partial charge in [-0.05, 0) is 31.1 Å². The molecule has 0 spiro atoms. The minimum atomic E-state index is -0.801. The second-order valence-electron chi connectivity index (χ2n) is 6.08. The third-order valence-corrected chi connectivity index (χ3v) is 4.95. The second-order valence-corrected chi connectivity index (χ2v) is 6.08. The third kappa shape index (κ3) is 2.17. The van der Waals surface area contributed by atoms with Crippen LogP contribution in [0.5, 0.6) is 0 Å². The zero-order valence-electron chi connectivity index (χ0n) is 11.1. The summed E-state index contributed by atoms with van der Waals surface area (Å²) in [5.41, 5.74) is 0. The van der Waals surface area contributed by atoms with Crippen molar-refractivity contribution in [2.75, 3.05) is 13.1 Å². The summed E-state index contributed by atoms with van der Waals surface area (Å²) >= 11 is 0. The monoisotopic (exact) mass is 263 g/mol. The molecule has 0 aromatic carbocycles. The Morgan fingerprint density at radius 3 is 2.11 bits per heavy atom.